The molecule has 0 bridgehead atoms. The predicted molar refractivity (Wildman–Crippen MR) is 72.7 cm³/mol. The fourth-order valence-corrected chi connectivity index (χ4v) is 3.09. The van der Waals surface area contributed by atoms with Gasteiger partial charge >= 0.3 is 0 Å². The zero-order valence-electron chi connectivity index (χ0n) is 11.2. The number of nitrogens with one attached hydrogen (secondary N) is 1. The molecule has 0 spiro atoms. The van der Waals surface area contributed by atoms with E-state index >= 15 is 0 Å². The van der Waals surface area contributed by atoms with Crippen LogP contribution in [0.5, 0.6) is 0 Å². The van der Waals surface area contributed by atoms with Crippen LogP contribution >= 0.6 is 0 Å². The first kappa shape index (κ1) is 13.1. The zero-order valence-corrected chi connectivity index (χ0v) is 11.2. The van der Waals surface area contributed by atoms with E-state index in [1.54, 1.807) is 18.3 Å². The first-order valence-corrected chi connectivity index (χ1v) is 6.94. The number of piperidine rings is 1. The Kier molecular flexibility index (Phi) is 3.40. The van der Waals surface area contributed by atoms with Crippen molar-refractivity contribution < 1.29 is 9.59 Å². The number of aromatic nitrogens is 1. The molecule has 2 aliphatic heterocycles. The molecule has 20 heavy (non-hydrogen) atoms. The minimum absolute atomic E-state index is 0.0155. The van der Waals surface area contributed by atoms with Gasteiger partial charge in [-0.05, 0) is 25.0 Å². The average molecular weight is 274 g/mol. The molecule has 3 heterocycles. The van der Waals surface area contributed by atoms with Gasteiger partial charge in [0.25, 0.3) is 5.91 Å². The van der Waals surface area contributed by atoms with E-state index in [0.29, 0.717) is 30.9 Å². The van der Waals surface area contributed by atoms with Gasteiger partial charge in [-0.3, -0.25) is 14.6 Å². The summed E-state index contributed by atoms with van der Waals surface area (Å²) < 4.78 is 0. The Bertz CT molecular complexity index is 546. The average Bonchev–Trinajstić information content (AvgIpc) is 2.88. The Hall–Kier alpha value is -1.95. The first-order valence-electron chi connectivity index (χ1n) is 6.94. The van der Waals surface area contributed by atoms with E-state index in [2.05, 4.69) is 10.3 Å². The van der Waals surface area contributed by atoms with Crippen molar-refractivity contribution in [3.63, 3.8) is 0 Å². The van der Waals surface area contributed by atoms with Gasteiger partial charge < -0.3 is 16.0 Å². The molecule has 0 radical (unpaired) electrons. The van der Waals surface area contributed by atoms with Gasteiger partial charge in [-0.2, -0.15) is 0 Å². The number of likely N-dealkylation sites (tertiary alicyclic amines) is 1. The number of fused-ring (bicyclic) bond motifs is 1. The van der Waals surface area contributed by atoms with Crippen LogP contribution < -0.4 is 11.1 Å². The van der Waals surface area contributed by atoms with Crippen LogP contribution in [0.1, 0.15) is 28.9 Å². The molecule has 6 nitrogen and oxygen atoms in total. The summed E-state index contributed by atoms with van der Waals surface area (Å²) in [6.45, 7) is 1.58. The Morgan fingerprint density at radius 1 is 1.55 bits per heavy atom. The molecular formula is C14H18N4O2. The number of nitrogens with zero attached hydrogens (tertiary/aromatic N) is 2. The second-order valence-electron chi connectivity index (χ2n) is 5.30. The number of hydrogen-bond donors (Lipinski definition) is 2. The van der Waals surface area contributed by atoms with Crippen molar-refractivity contribution in [2.45, 2.75) is 25.4 Å². The van der Waals surface area contributed by atoms with Crippen LogP contribution in [0.4, 0.5) is 0 Å². The lowest BCUT2D eigenvalue weighted by molar-refractivity contribution is -0.123. The number of rotatable bonds is 2. The van der Waals surface area contributed by atoms with Crippen molar-refractivity contribution >= 4 is 11.8 Å². The van der Waals surface area contributed by atoms with Crippen LogP contribution in [0.3, 0.4) is 0 Å². The maximum atomic E-state index is 12.6. The molecule has 2 saturated heterocycles. The Morgan fingerprint density at radius 3 is 3.20 bits per heavy atom. The van der Waals surface area contributed by atoms with Gasteiger partial charge in [-0.1, -0.05) is 0 Å². The number of hydrogen-bond acceptors (Lipinski definition) is 4. The maximum Gasteiger partial charge on any atom is 0.254 e. The highest BCUT2D eigenvalue weighted by molar-refractivity contribution is 5.95. The topological polar surface area (TPSA) is 88.3 Å². The summed E-state index contributed by atoms with van der Waals surface area (Å²) in [7, 11) is 0. The fourth-order valence-electron chi connectivity index (χ4n) is 3.09. The van der Waals surface area contributed by atoms with Crippen molar-refractivity contribution in [2.24, 2.45) is 11.7 Å². The van der Waals surface area contributed by atoms with E-state index in [4.69, 9.17) is 5.73 Å². The van der Waals surface area contributed by atoms with Crippen molar-refractivity contribution in [1.82, 2.24) is 15.2 Å². The van der Waals surface area contributed by atoms with Gasteiger partial charge in [0.2, 0.25) is 5.91 Å². The number of nitrogens with two attached hydrogens (primary N) is 1. The van der Waals surface area contributed by atoms with Crippen LogP contribution in [0.15, 0.2) is 18.3 Å². The van der Waals surface area contributed by atoms with Gasteiger partial charge in [0, 0.05) is 31.4 Å². The summed E-state index contributed by atoms with van der Waals surface area (Å²) >= 11 is 0. The molecule has 0 aromatic carbocycles. The lowest BCUT2D eigenvalue weighted by Gasteiger charge is -2.36. The minimum atomic E-state index is -0.0523. The molecule has 2 amide bonds. The molecule has 3 rings (SSSR count). The summed E-state index contributed by atoms with van der Waals surface area (Å²) in [6.07, 6.45) is 3.34. The highest BCUT2D eigenvalue weighted by atomic mass is 16.2. The predicted octanol–water partition coefficient (Wildman–Crippen LogP) is -0.109. The van der Waals surface area contributed by atoms with Crippen LogP contribution in [-0.2, 0) is 11.3 Å². The molecule has 2 aliphatic rings. The van der Waals surface area contributed by atoms with E-state index in [1.165, 1.54) is 0 Å². The van der Waals surface area contributed by atoms with Crippen molar-refractivity contribution in [3.05, 3.63) is 29.6 Å². The summed E-state index contributed by atoms with van der Waals surface area (Å²) in [5.74, 6) is -0.0123. The molecule has 1 aromatic rings. The SMILES string of the molecule is NCc1cc(C(=O)N2CCCC3C(=O)NCC32)ccn1. The molecule has 6 heteroatoms. The smallest absolute Gasteiger partial charge is 0.254 e. The Morgan fingerprint density at radius 2 is 2.40 bits per heavy atom. The molecule has 3 N–H and O–H groups in total. The van der Waals surface area contributed by atoms with Crippen LogP contribution in [0, 0.1) is 5.92 Å². The highest BCUT2D eigenvalue weighted by Gasteiger charge is 2.42. The third-order valence-corrected chi connectivity index (χ3v) is 4.13. The molecule has 2 atom stereocenters. The van der Waals surface area contributed by atoms with Crippen LogP contribution in [-0.4, -0.2) is 40.8 Å². The standard InChI is InChI=1S/C14H18N4O2/c15-7-10-6-9(3-4-16-10)14(20)18-5-1-2-11-12(18)8-17-13(11)19/h3-4,6,11-12H,1-2,5,7-8,15H2,(H,17,19). The minimum Gasteiger partial charge on any atom is -0.354 e. The Balaban J connectivity index is 1.84. The monoisotopic (exact) mass is 274 g/mol. The largest absolute Gasteiger partial charge is 0.354 e. The van der Waals surface area contributed by atoms with Gasteiger partial charge in [0.1, 0.15) is 0 Å². The summed E-state index contributed by atoms with van der Waals surface area (Å²) in [5.41, 5.74) is 6.86. The number of amides is 2. The van der Waals surface area contributed by atoms with Crippen molar-refractivity contribution in [1.29, 1.82) is 0 Å². The number of carbonyl (C=O) groups excluding carboxylic acids is 2. The quantitative estimate of drug-likeness (QED) is 0.787. The Labute approximate surface area is 117 Å². The highest BCUT2D eigenvalue weighted by Crippen LogP contribution is 2.28. The van der Waals surface area contributed by atoms with E-state index in [-0.39, 0.29) is 23.8 Å². The maximum absolute atomic E-state index is 12.6. The van der Waals surface area contributed by atoms with Crippen molar-refractivity contribution in [2.75, 3.05) is 13.1 Å². The molecule has 2 unspecified atom stereocenters. The van der Waals surface area contributed by atoms with Crippen LogP contribution in [0.25, 0.3) is 0 Å². The van der Waals surface area contributed by atoms with Gasteiger partial charge in [0.15, 0.2) is 0 Å². The summed E-state index contributed by atoms with van der Waals surface area (Å²) in [5, 5.41) is 2.86. The molecule has 1 aromatic heterocycles. The van der Waals surface area contributed by atoms with E-state index in [1.807, 2.05) is 4.90 Å². The molecule has 0 saturated carbocycles. The molecular weight excluding hydrogens is 256 g/mol. The second-order valence-corrected chi connectivity index (χ2v) is 5.30. The van der Waals surface area contributed by atoms with Gasteiger partial charge in [-0.25, -0.2) is 0 Å². The molecule has 2 fully saturated rings. The summed E-state index contributed by atoms with van der Waals surface area (Å²) in [4.78, 5) is 30.3. The normalized spacial score (nSPS) is 25.2. The summed E-state index contributed by atoms with van der Waals surface area (Å²) in [6, 6.07) is 3.42. The van der Waals surface area contributed by atoms with E-state index < -0.39 is 0 Å². The first-order chi connectivity index (χ1) is 9.70. The van der Waals surface area contributed by atoms with Crippen molar-refractivity contribution in [3.8, 4) is 0 Å². The fraction of sp³-hybridized carbons (Fsp3) is 0.500. The van der Waals surface area contributed by atoms with Gasteiger partial charge in [0.05, 0.1) is 17.7 Å². The number of carbonyl (C=O) groups is 2. The molecule has 106 valence electrons. The van der Waals surface area contributed by atoms with E-state index in [0.717, 1.165) is 12.8 Å². The number of pyridine rings is 1. The second kappa shape index (κ2) is 5.20. The third kappa shape index (κ3) is 2.16. The molecule has 0 aliphatic carbocycles. The van der Waals surface area contributed by atoms with Gasteiger partial charge in [-0.15, -0.1) is 0 Å². The van der Waals surface area contributed by atoms with E-state index in [9.17, 15) is 9.59 Å². The lowest BCUT2D eigenvalue weighted by atomic mass is 9.91. The van der Waals surface area contributed by atoms with Crippen LogP contribution in [0.2, 0.25) is 0 Å². The zero-order chi connectivity index (χ0) is 14.1. The third-order valence-electron chi connectivity index (χ3n) is 4.13. The lowest BCUT2D eigenvalue weighted by Crippen LogP contribution is -2.48.